The minimum absolute atomic E-state index is 0.0376. The monoisotopic (exact) mass is 346 g/mol. The molecule has 1 aliphatic heterocycles. The van der Waals surface area contributed by atoms with E-state index in [1.807, 2.05) is 24.0 Å². The highest BCUT2D eigenvalue weighted by Gasteiger charge is 2.28. The van der Waals surface area contributed by atoms with Crippen molar-refractivity contribution in [2.24, 2.45) is 0 Å². The van der Waals surface area contributed by atoms with E-state index in [-0.39, 0.29) is 11.9 Å². The summed E-state index contributed by atoms with van der Waals surface area (Å²) in [5, 5.41) is 5.62. The van der Waals surface area contributed by atoms with E-state index in [0.717, 1.165) is 41.5 Å². The zero-order valence-electron chi connectivity index (χ0n) is 12.1. The van der Waals surface area contributed by atoms with Crippen LogP contribution in [0.5, 0.6) is 0 Å². The molecule has 2 aromatic carbocycles. The first kappa shape index (κ1) is 14.5. The van der Waals surface area contributed by atoms with Crippen molar-refractivity contribution in [3.05, 3.63) is 40.9 Å². The molecule has 1 atom stereocenters. The van der Waals surface area contributed by atoms with Gasteiger partial charge in [-0.2, -0.15) is 0 Å². The van der Waals surface area contributed by atoms with Gasteiger partial charge in [-0.05, 0) is 54.4 Å². The molecule has 0 bridgehead atoms. The third-order valence-electron chi connectivity index (χ3n) is 3.99. The standard InChI is InChI=1S/C17H19BrN2O/c1-2-19-16-4-3-9-20(17(16)21)15-8-6-12-10-14(18)7-5-13(12)11-15/h5-8,10-11,16,19H,2-4,9H2,1H3. The van der Waals surface area contributed by atoms with Crippen molar-refractivity contribution < 1.29 is 4.79 Å². The van der Waals surface area contributed by atoms with Gasteiger partial charge in [0.05, 0.1) is 6.04 Å². The van der Waals surface area contributed by atoms with Gasteiger partial charge in [0, 0.05) is 16.7 Å². The summed E-state index contributed by atoms with van der Waals surface area (Å²) < 4.78 is 1.07. The number of halogens is 1. The number of likely N-dealkylation sites (N-methyl/N-ethyl adjacent to an activating group) is 1. The van der Waals surface area contributed by atoms with Crippen molar-refractivity contribution in [1.82, 2.24) is 5.32 Å². The number of hydrogen-bond acceptors (Lipinski definition) is 2. The summed E-state index contributed by atoms with van der Waals surface area (Å²) in [7, 11) is 0. The lowest BCUT2D eigenvalue weighted by Gasteiger charge is -2.32. The Morgan fingerprint density at radius 3 is 2.81 bits per heavy atom. The number of nitrogens with one attached hydrogen (secondary N) is 1. The molecule has 3 nitrogen and oxygen atoms in total. The maximum atomic E-state index is 12.6. The zero-order valence-corrected chi connectivity index (χ0v) is 13.7. The van der Waals surface area contributed by atoms with Gasteiger partial charge >= 0.3 is 0 Å². The highest BCUT2D eigenvalue weighted by molar-refractivity contribution is 9.10. The molecule has 1 N–H and O–H groups in total. The van der Waals surface area contributed by atoms with Crippen LogP contribution < -0.4 is 10.2 Å². The molecule has 2 aromatic rings. The fraction of sp³-hybridized carbons (Fsp3) is 0.353. The van der Waals surface area contributed by atoms with Crippen LogP contribution in [0, 0.1) is 0 Å². The Bertz CT molecular complexity index is 669. The maximum absolute atomic E-state index is 12.6. The van der Waals surface area contributed by atoms with Crippen LogP contribution in [0.1, 0.15) is 19.8 Å². The number of benzene rings is 2. The van der Waals surface area contributed by atoms with Crippen LogP contribution in [-0.2, 0) is 4.79 Å². The van der Waals surface area contributed by atoms with Gasteiger partial charge in [0.15, 0.2) is 0 Å². The van der Waals surface area contributed by atoms with Crippen molar-refractivity contribution in [2.45, 2.75) is 25.8 Å². The van der Waals surface area contributed by atoms with Gasteiger partial charge in [-0.1, -0.05) is 35.0 Å². The minimum atomic E-state index is -0.0376. The normalized spacial score (nSPS) is 19.2. The average molecular weight is 347 g/mol. The number of rotatable bonds is 3. The number of piperidine rings is 1. The van der Waals surface area contributed by atoms with E-state index in [9.17, 15) is 4.79 Å². The van der Waals surface area contributed by atoms with Gasteiger partial charge in [-0.25, -0.2) is 0 Å². The van der Waals surface area contributed by atoms with Gasteiger partial charge in [0.25, 0.3) is 0 Å². The SMILES string of the molecule is CCNC1CCCN(c2ccc3cc(Br)ccc3c2)C1=O. The van der Waals surface area contributed by atoms with Crippen molar-refractivity contribution >= 4 is 38.3 Å². The van der Waals surface area contributed by atoms with Crippen molar-refractivity contribution in [2.75, 3.05) is 18.0 Å². The fourth-order valence-electron chi connectivity index (χ4n) is 2.94. The first-order valence-corrected chi connectivity index (χ1v) is 8.22. The molecule has 1 unspecified atom stereocenters. The van der Waals surface area contributed by atoms with Crippen LogP contribution in [0.3, 0.4) is 0 Å². The van der Waals surface area contributed by atoms with E-state index < -0.39 is 0 Å². The number of carbonyl (C=O) groups is 1. The smallest absolute Gasteiger partial charge is 0.244 e. The number of carbonyl (C=O) groups excluding carboxylic acids is 1. The first-order valence-electron chi connectivity index (χ1n) is 7.43. The van der Waals surface area contributed by atoms with E-state index in [0.29, 0.717) is 0 Å². The lowest BCUT2D eigenvalue weighted by molar-refractivity contribution is -0.121. The van der Waals surface area contributed by atoms with Gasteiger partial charge in [0.1, 0.15) is 0 Å². The highest BCUT2D eigenvalue weighted by Crippen LogP contribution is 2.27. The fourth-order valence-corrected chi connectivity index (χ4v) is 3.32. The van der Waals surface area contributed by atoms with Crippen LogP contribution in [0.25, 0.3) is 10.8 Å². The molecular weight excluding hydrogens is 328 g/mol. The largest absolute Gasteiger partial charge is 0.311 e. The van der Waals surface area contributed by atoms with E-state index in [2.05, 4.69) is 45.5 Å². The third kappa shape index (κ3) is 2.97. The second-order valence-corrected chi connectivity index (χ2v) is 6.33. The lowest BCUT2D eigenvalue weighted by atomic mass is 10.0. The lowest BCUT2D eigenvalue weighted by Crippen LogP contribution is -2.50. The van der Waals surface area contributed by atoms with Crippen molar-refractivity contribution in [3.63, 3.8) is 0 Å². The summed E-state index contributed by atoms with van der Waals surface area (Å²) in [6.07, 6.45) is 1.98. The van der Waals surface area contributed by atoms with Crippen molar-refractivity contribution in [1.29, 1.82) is 0 Å². The molecule has 1 heterocycles. The number of fused-ring (bicyclic) bond motifs is 1. The molecule has 0 aromatic heterocycles. The Labute approximate surface area is 133 Å². The Kier molecular flexibility index (Phi) is 4.27. The Hall–Kier alpha value is -1.39. The summed E-state index contributed by atoms with van der Waals surface area (Å²) in [5.74, 6) is 0.194. The molecule has 1 aliphatic rings. The molecule has 1 saturated heterocycles. The number of amides is 1. The highest BCUT2D eigenvalue weighted by atomic mass is 79.9. The van der Waals surface area contributed by atoms with E-state index in [1.165, 1.54) is 5.39 Å². The number of nitrogens with zero attached hydrogens (tertiary/aromatic N) is 1. The molecule has 0 saturated carbocycles. The van der Waals surface area contributed by atoms with E-state index in [1.54, 1.807) is 0 Å². The van der Waals surface area contributed by atoms with Crippen LogP contribution >= 0.6 is 15.9 Å². The molecule has 4 heteroatoms. The first-order chi connectivity index (χ1) is 10.2. The second-order valence-electron chi connectivity index (χ2n) is 5.42. The molecule has 0 spiro atoms. The van der Waals surface area contributed by atoms with Gasteiger partial charge in [-0.15, -0.1) is 0 Å². The quantitative estimate of drug-likeness (QED) is 0.918. The molecule has 0 radical (unpaired) electrons. The summed E-state index contributed by atoms with van der Waals surface area (Å²) in [6, 6.07) is 12.4. The van der Waals surface area contributed by atoms with Crippen LogP contribution in [-0.4, -0.2) is 25.0 Å². The molecule has 3 rings (SSSR count). The van der Waals surface area contributed by atoms with Gasteiger partial charge < -0.3 is 10.2 Å². The summed E-state index contributed by atoms with van der Waals surface area (Å²) in [6.45, 7) is 3.68. The topological polar surface area (TPSA) is 32.3 Å². The predicted molar refractivity (Wildman–Crippen MR) is 90.7 cm³/mol. The van der Waals surface area contributed by atoms with Crippen LogP contribution in [0.2, 0.25) is 0 Å². The number of anilines is 1. The summed E-state index contributed by atoms with van der Waals surface area (Å²) >= 11 is 3.49. The molecular formula is C17H19BrN2O. The maximum Gasteiger partial charge on any atom is 0.244 e. The Balaban J connectivity index is 1.92. The van der Waals surface area contributed by atoms with Crippen LogP contribution in [0.15, 0.2) is 40.9 Å². The Morgan fingerprint density at radius 1 is 1.24 bits per heavy atom. The minimum Gasteiger partial charge on any atom is -0.311 e. The molecule has 110 valence electrons. The summed E-state index contributed by atoms with van der Waals surface area (Å²) in [4.78, 5) is 14.5. The van der Waals surface area contributed by atoms with Crippen LogP contribution in [0.4, 0.5) is 5.69 Å². The molecule has 1 fully saturated rings. The Morgan fingerprint density at radius 2 is 2.00 bits per heavy atom. The number of hydrogen-bond donors (Lipinski definition) is 1. The van der Waals surface area contributed by atoms with E-state index >= 15 is 0 Å². The van der Waals surface area contributed by atoms with Crippen molar-refractivity contribution in [3.8, 4) is 0 Å². The second kappa shape index (κ2) is 6.16. The molecule has 1 amide bonds. The zero-order chi connectivity index (χ0) is 14.8. The average Bonchev–Trinajstić information content (AvgIpc) is 2.49. The van der Waals surface area contributed by atoms with Gasteiger partial charge in [-0.3, -0.25) is 4.79 Å². The third-order valence-corrected chi connectivity index (χ3v) is 4.48. The summed E-state index contributed by atoms with van der Waals surface area (Å²) in [5.41, 5.74) is 0.998. The van der Waals surface area contributed by atoms with E-state index in [4.69, 9.17) is 0 Å². The van der Waals surface area contributed by atoms with Gasteiger partial charge in [0.2, 0.25) is 5.91 Å². The molecule has 21 heavy (non-hydrogen) atoms. The predicted octanol–water partition coefficient (Wildman–Crippen LogP) is 3.71. The molecule has 0 aliphatic carbocycles.